The highest BCUT2D eigenvalue weighted by Gasteiger charge is 2.35. The van der Waals surface area contributed by atoms with Crippen LogP contribution in [-0.2, 0) is 0 Å². The molecule has 2 saturated heterocycles. The maximum atomic E-state index is 13.1. The number of urea groups is 1. The van der Waals surface area contributed by atoms with Crippen molar-refractivity contribution in [3.63, 3.8) is 0 Å². The van der Waals surface area contributed by atoms with Crippen molar-refractivity contribution in [1.82, 2.24) is 9.80 Å². The van der Waals surface area contributed by atoms with Gasteiger partial charge in [0.2, 0.25) is 0 Å². The highest BCUT2D eigenvalue weighted by atomic mass is 16.2. The summed E-state index contributed by atoms with van der Waals surface area (Å²) in [5.74, 6) is 0.847. The molecular formula is C22H31N3O2. The van der Waals surface area contributed by atoms with Crippen molar-refractivity contribution in [2.24, 2.45) is 5.92 Å². The first-order valence-electron chi connectivity index (χ1n) is 10.7. The number of rotatable bonds is 2. The van der Waals surface area contributed by atoms with Gasteiger partial charge in [-0.15, -0.1) is 0 Å². The zero-order valence-corrected chi connectivity index (χ0v) is 16.2. The van der Waals surface area contributed by atoms with Gasteiger partial charge >= 0.3 is 6.03 Å². The van der Waals surface area contributed by atoms with Gasteiger partial charge in [0.1, 0.15) is 0 Å². The molecule has 1 aliphatic carbocycles. The van der Waals surface area contributed by atoms with Crippen molar-refractivity contribution in [3.05, 3.63) is 29.8 Å². The number of benzene rings is 1. The van der Waals surface area contributed by atoms with Crippen LogP contribution in [0.3, 0.4) is 0 Å². The summed E-state index contributed by atoms with van der Waals surface area (Å²) in [6.45, 7) is 2.55. The van der Waals surface area contributed by atoms with E-state index in [0.29, 0.717) is 12.0 Å². The van der Waals surface area contributed by atoms with Gasteiger partial charge < -0.3 is 15.1 Å². The van der Waals surface area contributed by atoms with Gasteiger partial charge in [0.25, 0.3) is 5.91 Å². The summed E-state index contributed by atoms with van der Waals surface area (Å²) in [5, 5.41) is 2.96. The lowest BCUT2D eigenvalue weighted by atomic mass is 9.78. The fourth-order valence-electron chi connectivity index (χ4n) is 5.04. The Hall–Kier alpha value is -2.04. The molecule has 0 unspecified atom stereocenters. The van der Waals surface area contributed by atoms with Crippen LogP contribution >= 0.6 is 0 Å². The maximum Gasteiger partial charge on any atom is 0.321 e. The van der Waals surface area contributed by atoms with Crippen molar-refractivity contribution in [3.8, 4) is 0 Å². The number of anilines is 1. The van der Waals surface area contributed by atoms with E-state index in [9.17, 15) is 9.59 Å². The summed E-state index contributed by atoms with van der Waals surface area (Å²) in [5.41, 5.74) is 1.49. The second kappa shape index (κ2) is 8.32. The normalized spacial score (nSPS) is 25.6. The summed E-state index contributed by atoms with van der Waals surface area (Å²) in [6, 6.07) is 7.84. The smallest absolute Gasteiger partial charge is 0.321 e. The fourth-order valence-corrected chi connectivity index (χ4v) is 5.04. The van der Waals surface area contributed by atoms with Crippen molar-refractivity contribution >= 4 is 17.6 Å². The molecule has 1 saturated carbocycles. The molecule has 3 amide bonds. The van der Waals surface area contributed by atoms with E-state index in [-0.39, 0.29) is 11.9 Å². The molecule has 1 N–H and O–H groups in total. The molecule has 0 radical (unpaired) electrons. The topological polar surface area (TPSA) is 52.7 Å². The van der Waals surface area contributed by atoms with E-state index < -0.39 is 0 Å². The van der Waals surface area contributed by atoms with E-state index in [1.807, 2.05) is 29.2 Å². The molecule has 2 atom stereocenters. The van der Waals surface area contributed by atoms with E-state index in [1.54, 1.807) is 0 Å². The van der Waals surface area contributed by atoms with Crippen molar-refractivity contribution in [2.45, 2.75) is 63.8 Å². The lowest BCUT2D eigenvalue weighted by Gasteiger charge is -2.44. The molecule has 146 valence electrons. The zero-order valence-electron chi connectivity index (χ0n) is 16.2. The number of hydrogen-bond donors (Lipinski definition) is 1. The van der Waals surface area contributed by atoms with Crippen LogP contribution in [0, 0.1) is 5.92 Å². The van der Waals surface area contributed by atoms with Crippen LogP contribution in [0.2, 0.25) is 0 Å². The predicted molar refractivity (Wildman–Crippen MR) is 107 cm³/mol. The summed E-state index contributed by atoms with van der Waals surface area (Å²) < 4.78 is 0. The third-order valence-electron chi connectivity index (χ3n) is 6.53. The number of nitrogens with zero attached hydrogens (tertiary/aromatic N) is 2. The van der Waals surface area contributed by atoms with Crippen LogP contribution in [0.15, 0.2) is 24.3 Å². The standard InChI is InChI=1S/C22H31N3O2/c26-21(25-16-6-8-17-7-2-3-9-20(17)25)18-10-12-19(13-11-18)23-22(27)24-14-4-1-5-15-24/h10-13,17,20H,1-9,14-16H2,(H,23,27)/t17-,20-/m0/s1. The minimum atomic E-state index is -0.0325. The number of piperidine rings is 2. The molecule has 2 heterocycles. The van der Waals surface area contributed by atoms with E-state index in [4.69, 9.17) is 0 Å². The first-order valence-corrected chi connectivity index (χ1v) is 10.7. The Kier molecular flexibility index (Phi) is 5.65. The molecule has 5 nitrogen and oxygen atoms in total. The molecule has 5 heteroatoms. The number of carbonyl (C=O) groups is 2. The first-order chi connectivity index (χ1) is 13.2. The lowest BCUT2D eigenvalue weighted by molar-refractivity contribution is 0.0390. The van der Waals surface area contributed by atoms with Gasteiger partial charge in [-0.05, 0) is 75.1 Å². The van der Waals surface area contributed by atoms with Crippen LogP contribution in [0.25, 0.3) is 0 Å². The molecule has 4 rings (SSSR count). The Morgan fingerprint density at radius 3 is 2.30 bits per heavy atom. The number of amides is 3. The van der Waals surface area contributed by atoms with E-state index in [1.165, 1.54) is 32.1 Å². The van der Waals surface area contributed by atoms with Crippen molar-refractivity contribution < 1.29 is 9.59 Å². The van der Waals surface area contributed by atoms with Crippen molar-refractivity contribution in [1.29, 1.82) is 0 Å². The summed E-state index contributed by atoms with van der Waals surface area (Å²) in [7, 11) is 0. The molecule has 2 aliphatic heterocycles. The van der Waals surface area contributed by atoms with Crippen LogP contribution in [-0.4, -0.2) is 47.4 Å². The average Bonchev–Trinajstić information content (AvgIpc) is 2.74. The molecule has 3 fully saturated rings. The number of nitrogens with one attached hydrogen (secondary N) is 1. The third-order valence-corrected chi connectivity index (χ3v) is 6.53. The van der Waals surface area contributed by atoms with Gasteiger partial charge in [-0.25, -0.2) is 4.79 Å². The summed E-state index contributed by atoms with van der Waals surface area (Å²) in [4.78, 5) is 29.4. The minimum Gasteiger partial charge on any atom is -0.335 e. The fraction of sp³-hybridized carbons (Fsp3) is 0.636. The van der Waals surface area contributed by atoms with Crippen LogP contribution in [0.5, 0.6) is 0 Å². The highest BCUT2D eigenvalue weighted by Crippen LogP contribution is 2.36. The molecule has 27 heavy (non-hydrogen) atoms. The van der Waals surface area contributed by atoms with E-state index in [0.717, 1.165) is 56.6 Å². The quantitative estimate of drug-likeness (QED) is 0.834. The van der Waals surface area contributed by atoms with E-state index >= 15 is 0 Å². The highest BCUT2D eigenvalue weighted by molar-refractivity contribution is 5.96. The first kappa shape index (κ1) is 18.3. The Bertz CT molecular complexity index is 665. The Labute approximate surface area is 162 Å². The Balaban J connectivity index is 1.39. The van der Waals surface area contributed by atoms with Gasteiger partial charge in [-0.1, -0.05) is 12.8 Å². The van der Waals surface area contributed by atoms with Gasteiger partial charge in [-0.3, -0.25) is 4.79 Å². The molecule has 1 aromatic rings. The zero-order chi connectivity index (χ0) is 18.6. The number of fused-ring (bicyclic) bond motifs is 1. The average molecular weight is 370 g/mol. The molecule has 3 aliphatic rings. The Morgan fingerprint density at radius 2 is 1.52 bits per heavy atom. The maximum absolute atomic E-state index is 13.1. The summed E-state index contributed by atoms with van der Waals surface area (Å²) >= 11 is 0. The van der Waals surface area contributed by atoms with Gasteiger partial charge in [-0.2, -0.15) is 0 Å². The van der Waals surface area contributed by atoms with Crippen LogP contribution in [0.4, 0.5) is 10.5 Å². The van der Waals surface area contributed by atoms with Crippen molar-refractivity contribution in [2.75, 3.05) is 25.0 Å². The molecule has 0 bridgehead atoms. The molecule has 1 aromatic carbocycles. The van der Waals surface area contributed by atoms with Gasteiger partial charge in [0.15, 0.2) is 0 Å². The number of likely N-dealkylation sites (tertiary alicyclic amines) is 2. The Morgan fingerprint density at radius 1 is 0.815 bits per heavy atom. The molecule has 0 aromatic heterocycles. The SMILES string of the molecule is O=C(Nc1ccc(C(=O)N2CCC[C@@H]3CCCC[C@@H]32)cc1)N1CCCCC1. The second-order valence-electron chi connectivity index (χ2n) is 8.31. The second-order valence-corrected chi connectivity index (χ2v) is 8.31. The van der Waals surface area contributed by atoms with Crippen LogP contribution in [0.1, 0.15) is 68.1 Å². The van der Waals surface area contributed by atoms with Gasteiger partial charge in [0, 0.05) is 36.9 Å². The number of hydrogen-bond acceptors (Lipinski definition) is 2. The minimum absolute atomic E-state index is 0.0325. The largest absolute Gasteiger partial charge is 0.335 e. The van der Waals surface area contributed by atoms with Gasteiger partial charge in [0.05, 0.1) is 0 Å². The number of carbonyl (C=O) groups excluding carboxylic acids is 2. The lowest BCUT2D eigenvalue weighted by Crippen LogP contribution is -2.49. The van der Waals surface area contributed by atoms with E-state index in [2.05, 4.69) is 10.2 Å². The third kappa shape index (κ3) is 4.12. The monoisotopic (exact) mass is 369 g/mol. The molecular weight excluding hydrogens is 338 g/mol. The van der Waals surface area contributed by atoms with Crippen LogP contribution < -0.4 is 5.32 Å². The summed E-state index contributed by atoms with van der Waals surface area (Å²) in [6.07, 6.45) is 10.8. The molecule has 0 spiro atoms. The predicted octanol–water partition coefficient (Wildman–Crippen LogP) is 4.50.